The van der Waals surface area contributed by atoms with Crippen molar-refractivity contribution < 1.29 is 32.4 Å². The van der Waals surface area contributed by atoms with Crippen LogP contribution in [0.2, 0.25) is 0 Å². The summed E-state index contributed by atoms with van der Waals surface area (Å²) in [5, 5.41) is 10.9. The number of carbonyl (C=O) groups excluding carboxylic acids is 2. The van der Waals surface area contributed by atoms with Crippen LogP contribution in [-0.2, 0) is 19.5 Å². The molecule has 0 aliphatic rings. The summed E-state index contributed by atoms with van der Waals surface area (Å²) in [5.74, 6) is 0. The van der Waals surface area contributed by atoms with E-state index in [9.17, 15) is 28.1 Å². The Kier molecular flexibility index (Phi) is 11.6. The fourth-order valence-corrected chi connectivity index (χ4v) is 4.26. The molecule has 0 radical (unpaired) electrons. The van der Waals surface area contributed by atoms with Crippen molar-refractivity contribution in [1.29, 1.82) is 0 Å². The van der Waals surface area contributed by atoms with Gasteiger partial charge in [0.2, 0.25) is 10.0 Å². The van der Waals surface area contributed by atoms with Crippen molar-refractivity contribution in [2.24, 2.45) is 0 Å². The molecule has 0 unspecified atom stereocenters. The lowest BCUT2D eigenvalue weighted by Gasteiger charge is -2.24. The molecule has 33 heavy (non-hydrogen) atoms. The lowest BCUT2D eigenvalue weighted by Crippen LogP contribution is -2.39. The van der Waals surface area contributed by atoms with Crippen molar-refractivity contribution in [2.45, 2.75) is 32.6 Å². The number of carbonyl (C=O) groups is 2. The van der Waals surface area contributed by atoms with E-state index in [0.717, 1.165) is 28.6 Å². The monoisotopic (exact) mass is 488 g/mol. The number of ether oxygens (including phenoxy) is 2. The summed E-state index contributed by atoms with van der Waals surface area (Å²) in [4.78, 5) is 37.0. The van der Waals surface area contributed by atoms with Crippen molar-refractivity contribution >= 4 is 27.9 Å². The summed E-state index contributed by atoms with van der Waals surface area (Å²) < 4.78 is 37.6. The molecule has 13 heteroatoms. The molecule has 0 bridgehead atoms. The molecular formula is C20H32N4O8S. The van der Waals surface area contributed by atoms with Crippen LogP contribution in [-0.4, -0.2) is 92.1 Å². The van der Waals surface area contributed by atoms with E-state index in [-0.39, 0.29) is 36.9 Å². The second kappa shape index (κ2) is 13.6. The van der Waals surface area contributed by atoms with Crippen LogP contribution in [0.1, 0.15) is 27.7 Å². The van der Waals surface area contributed by atoms with E-state index >= 15 is 0 Å². The number of amides is 2. The van der Waals surface area contributed by atoms with Gasteiger partial charge in [0.1, 0.15) is 13.2 Å². The van der Waals surface area contributed by atoms with Crippen molar-refractivity contribution in [3.63, 3.8) is 0 Å². The largest absolute Gasteiger partial charge is 0.448 e. The van der Waals surface area contributed by atoms with Crippen LogP contribution in [0.4, 0.5) is 15.3 Å². The lowest BCUT2D eigenvalue weighted by atomic mass is 10.3. The highest BCUT2D eigenvalue weighted by atomic mass is 32.2. The molecule has 0 saturated heterocycles. The number of nitrogens with zero attached hydrogens (tertiary/aromatic N) is 4. The first kappa shape index (κ1) is 28.1. The number of nitro groups is 1. The molecule has 1 rings (SSSR count). The Balaban J connectivity index is 2.96. The molecule has 0 saturated carbocycles. The molecule has 0 atom stereocenters. The second-order valence-electron chi connectivity index (χ2n) is 6.73. The van der Waals surface area contributed by atoms with Gasteiger partial charge in [-0.15, -0.1) is 0 Å². The van der Waals surface area contributed by atoms with E-state index in [1.807, 2.05) is 0 Å². The molecule has 2 amide bonds. The molecule has 1 aromatic rings. The zero-order valence-electron chi connectivity index (χ0n) is 19.4. The molecule has 1 aromatic carbocycles. The third kappa shape index (κ3) is 8.17. The quantitative estimate of drug-likeness (QED) is 0.305. The summed E-state index contributed by atoms with van der Waals surface area (Å²) in [5.41, 5.74) is -0.248. The third-order valence-electron chi connectivity index (χ3n) is 4.86. The van der Waals surface area contributed by atoms with Crippen molar-refractivity contribution in [3.8, 4) is 0 Å². The van der Waals surface area contributed by atoms with Crippen LogP contribution in [0.15, 0.2) is 29.2 Å². The van der Waals surface area contributed by atoms with Crippen LogP contribution >= 0.6 is 0 Å². The molecular weight excluding hydrogens is 456 g/mol. The first-order valence-electron chi connectivity index (χ1n) is 10.7. The van der Waals surface area contributed by atoms with Crippen LogP contribution in [0.3, 0.4) is 0 Å². The normalized spacial score (nSPS) is 11.2. The van der Waals surface area contributed by atoms with E-state index in [2.05, 4.69) is 0 Å². The van der Waals surface area contributed by atoms with Crippen molar-refractivity contribution in [3.05, 3.63) is 34.4 Å². The molecule has 0 aliphatic heterocycles. The Morgan fingerprint density at radius 3 is 1.58 bits per heavy atom. The summed E-state index contributed by atoms with van der Waals surface area (Å²) in [6.07, 6.45) is -1.14. The Bertz CT molecular complexity index is 854. The number of hydrogen-bond acceptors (Lipinski definition) is 8. The Hall–Kier alpha value is -2.93. The highest BCUT2D eigenvalue weighted by Gasteiger charge is 2.26. The number of hydrogen-bond donors (Lipinski definition) is 0. The number of nitro benzene ring substituents is 1. The van der Waals surface area contributed by atoms with Gasteiger partial charge in [0.15, 0.2) is 0 Å². The average Bonchev–Trinajstić information content (AvgIpc) is 2.79. The highest BCUT2D eigenvalue weighted by molar-refractivity contribution is 7.89. The number of benzene rings is 1. The first-order valence-corrected chi connectivity index (χ1v) is 12.1. The maximum Gasteiger partial charge on any atom is 0.409 e. The van der Waals surface area contributed by atoms with Gasteiger partial charge in [0, 0.05) is 51.4 Å². The molecule has 0 spiro atoms. The lowest BCUT2D eigenvalue weighted by molar-refractivity contribution is -0.384. The fourth-order valence-electron chi connectivity index (χ4n) is 2.86. The molecule has 12 nitrogen and oxygen atoms in total. The number of non-ortho nitro benzene ring substituents is 1. The number of sulfonamides is 1. The Labute approximate surface area is 194 Å². The topological polar surface area (TPSA) is 140 Å². The van der Waals surface area contributed by atoms with Crippen molar-refractivity contribution in [2.75, 3.05) is 52.5 Å². The molecule has 0 heterocycles. The van der Waals surface area contributed by atoms with E-state index in [1.54, 1.807) is 27.7 Å². The predicted molar refractivity (Wildman–Crippen MR) is 120 cm³/mol. The Morgan fingerprint density at radius 1 is 0.848 bits per heavy atom. The van der Waals surface area contributed by atoms with E-state index in [0.29, 0.717) is 26.2 Å². The summed E-state index contributed by atoms with van der Waals surface area (Å²) in [6.45, 7) is 8.15. The zero-order chi connectivity index (χ0) is 25.0. The molecule has 0 N–H and O–H groups in total. The summed E-state index contributed by atoms with van der Waals surface area (Å²) in [7, 11) is -4.10. The first-order chi connectivity index (χ1) is 15.6. The van der Waals surface area contributed by atoms with Gasteiger partial charge in [0.05, 0.1) is 9.82 Å². The van der Waals surface area contributed by atoms with Gasteiger partial charge in [0.25, 0.3) is 5.69 Å². The van der Waals surface area contributed by atoms with E-state index in [4.69, 9.17) is 9.47 Å². The van der Waals surface area contributed by atoms with Gasteiger partial charge in [-0.05, 0) is 39.8 Å². The minimum absolute atomic E-state index is 0.168. The van der Waals surface area contributed by atoms with Crippen LogP contribution in [0.5, 0.6) is 0 Å². The van der Waals surface area contributed by atoms with Gasteiger partial charge < -0.3 is 19.3 Å². The minimum atomic E-state index is -4.10. The van der Waals surface area contributed by atoms with Gasteiger partial charge in [-0.1, -0.05) is 0 Å². The zero-order valence-corrected chi connectivity index (χ0v) is 20.2. The second-order valence-corrected chi connectivity index (χ2v) is 8.67. The van der Waals surface area contributed by atoms with Crippen LogP contribution < -0.4 is 0 Å². The minimum Gasteiger partial charge on any atom is -0.448 e. The maximum absolute atomic E-state index is 13.1. The standard InChI is InChI=1S/C20H32N4O8S/c1-5-21(6-2)19(25)31-15-13-23(14-16-32-20(26)22(7-3)8-4)33(29,30)18-11-9-17(10-12-18)24(27)28/h9-12H,5-8,13-16H2,1-4H3. The van der Waals surface area contributed by atoms with Gasteiger partial charge >= 0.3 is 12.2 Å². The fraction of sp³-hybridized carbons (Fsp3) is 0.600. The summed E-state index contributed by atoms with van der Waals surface area (Å²) in [6, 6.07) is 4.44. The molecule has 0 aromatic heterocycles. The van der Waals surface area contributed by atoms with Crippen LogP contribution in [0.25, 0.3) is 0 Å². The third-order valence-corrected chi connectivity index (χ3v) is 6.77. The van der Waals surface area contributed by atoms with E-state index in [1.165, 1.54) is 9.80 Å². The maximum atomic E-state index is 13.1. The number of rotatable bonds is 13. The van der Waals surface area contributed by atoms with Crippen LogP contribution in [0, 0.1) is 10.1 Å². The average molecular weight is 489 g/mol. The molecule has 0 fully saturated rings. The van der Waals surface area contributed by atoms with E-state index < -0.39 is 27.1 Å². The molecule has 186 valence electrons. The van der Waals surface area contributed by atoms with Gasteiger partial charge in [-0.25, -0.2) is 18.0 Å². The van der Waals surface area contributed by atoms with Crippen molar-refractivity contribution in [1.82, 2.24) is 14.1 Å². The van der Waals surface area contributed by atoms with Gasteiger partial charge in [-0.2, -0.15) is 4.31 Å². The predicted octanol–water partition coefficient (Wildman–Crippen LogP) is 2.54. The Morgan fingerprint density at radius 2 is 1.24 bits per heavy atom. The SMILES string of the molecule is CCN(CC)C(=O)OCCN(CCOC(=O)N(CC)CC)S(=O)(=O)c1ccc([N+](=O)[O-])cc1. The molecule has 0 aliphatic carbocycles. The smallest absolute Gasteiger partial charge is 0.409 e. The highest BCUT2D eigenvalue weighted by Crippen LogP contribution is 2.19. The van der Waals surface area contributed by atoms with Gasteiger partial charge in [-0.3, -0.25) is 10.1 Å². The summed E-state index contributed by atoms with van der Waals surface area (Å²) >= 11 is 0.